The summed E-state index contributed by atoms with van der Waals surface area (Å²) in [6.07, 6.45) is 5.18. The lowest BCUT2D eigenvalue weighted by Crippen LogP contribution is -2.30. The zero-order valence-electron chi connectivity index (χ0n) is 13.2. The van der Waals surface area contributed by atoms with E-state index in [-0.39, 0.29) is 30.6 Å². The standard InChI is InChI=1S/C19H15FN2O3/c1-2-9-25-17-10-12(20)7-8-16(17)22-19(24)14-11-18(23)21-15-6-4-3-5-13(14)15/h1,3-8,10,14H,9,11H2,(H,21,23)(H,22,24). The molecule has 2 amide bonds. The minimum atomic E-state index is -0.643. The summed E-state index contributed by atoms with van der Waals surface area (Å²) in [6, 6.07) is 10.9. The number of rotatable bonds is 4. The topological polar surface area (TPSA) is 67.4 Å². The van der Waals surface area contributed by atoms with Crippen LogP contribution in [0, 0.1) is 18.2 Å². The Labute approximate surface area is 144 Å². The molecule has 0 fully saturated rings. The molecule has 1 aliphatic heterocycles. The molecule has 6 heteroatoms. The summed E-state index contributed by atoms with van der Waals surface area (Å²) in [7, 11) is 0. The van der Waals surface area contributed by atoms with Crippen molar-refractivity contribution in [2.75, 3.05) is 17.2 Å². The number of benzene rings is 2. The lowest BCUT2D eigenvalue weighted by atomic mass is 9.90. The van der Waals surface area contributed by atoms with E-state index in [0.717, 1.165) is 11.6 Å². The number of nitrogens with one attached hydrogen (secondary N) is 2. The van der Waals surface area contributed by atoms with Gasteiger partial charge in [0.2, 0.25) is 11.8 Å². The fourth-order valence-corrected chi connectivity index (χ4v) is 2.70. The number of halogens is 1. The normalized spacial score (nSPS) is 15.5. The van der Waals surface area contributed by atoms with Crippen molar-refractivity contribution < 1.29 is 18.7 Å². The number of carbonyl (C=O) groups is 2. The molecule has 1 aliphatic rings. The molecular weight excluding hydrogens is 323 g/mol. The second kappa shape index (κ2) is 7.05. The zero-order chi connectivity index (χ0) is 17.8. The summed E-state index contributed by atoms with van der Waals surface area (Å²) in [5.74, 6) is 0.667. The molecule has 2 aromatic carbocycles. The summed E-state index contributed by atoms with van der Waals surface area (Å²) in [4.78, 5) is 24.6. The van der Waals surface area contributed by atoms with Gasteiger partial charge in [0, 0.05) is 18.2 Å². The Morgan fingerprint density at radius 3 is 2.96 bits per heavy atom. The highest BCUT2D eigenvalue weighted by atomic mass is 19.1. The van der Waals surface area contributed by atoms with Crippen LogP contribution in [0.4, 0.5) is 15.8 Å². The number of anilines is 2. The van der Waals surface area contributed by atoms with Crippen LogP contribution in [0.2, 0.25) is 0 Å². The maximum absolute atomic E-state index is 13.4. The molecule has 1 heterocycles. The van der Waals surface area contributed by atoms with Gasteiger partial charge >= 0.3 is 0 Å². The van der Waals surface area contributed by atoms with Gasteiger partial charge in [-0.25, -0.2) is 4.39 Å². The molecule has 5 nitrogen and oxygen atoms in total. The number of hydrogen-bond acceptors (Lipinski definition) is 3. The third-order valence-corrected chi connectivity index (χ3v) is 3.83. The van der Waals surface area contributed by atoms with Gasteiger partial charge in [-0.05, 0) is 23.8 Å². The number of carbonyl (C=O) groups excluding carboxylic acids is 2. The monoisotopic (exact) mass is 338 g/mol. The molecule has 0 saturated heterocycles. The summed E-state index contributed by atoms with van der Waals surface area (Å²) in [5.41, 5.74) is 1.64. The van der Waals surface area contributed by atoms with Crippen molar-refractivity contribution in [1.29, 1.82) is 0 Å². The summed E-state index contributed by atoms with van der Waals surface area (Å²) < 4.78 is 18.7. The minimum absolute atomic E-state index is 0.0323. The Morgan fingerprint density at radius 1 is 1.36 bits per heavy atom. The summed E-state index contributed by atoms with van der Waals surface area (Å²) >= 11 is 0. The number of hydrogen-bond donors (Lipinski definition) is 2. The second-order valence-electron chi connectivity index (χ2n) is 5.51. The SMILES string of the molecule is C#CCOc1cc(F)ccc1NC(=O)C1CC(=O)Nc2ccccc21. The minimum Gasteiger partial charge on any atom is -0.479 e. The van der Waals surface area contributed by atoms with Crippen molar-refractivity contribution in [2.24, 2.45) is 0 Å². The van der Waals surface area contributed by atoms with Gasteiger partial charge in [0.1, 0.15) is 18.2 Å². The lowest BCUT2D eigenvalue weighted by molar-refractivity contribution is -0.123. The van der Waals surface area contributed by atoms with Crippen LogP contribution in [0.1, 0.15) is 17.9 Å². The van der Waals surface area contributed by atoms with Crippen LogP contribution >= 0.6 is 0 Å². The Kier molecular flexibility index (Phi) is 4.66. The van der Waals surface area contributed by atoms with E-state index in [1.807, 2.05) is 0 Å². The predicted molar refractivity (Wildman–Crippen MR) is 91.8 cm³/mol. The van der Waals surface area contributed by atoms with Crippen LogP contribution in [0.15, 0.2) is 42.5 Å². The third-order valence-electron chi connectivity index (χ3n) is 3.83. The van der Waals surface area contributed by atoms with E-state index >= 15 is 0 Å². The van der Waals surface area contributed by atoms with Gasteiger partial charge in [-0.3, -0.25) is 9.59 Å². The van der Waals surface area contributed by atoms with Crippen molar-refractivity contribution in [3.05, 3.63) is 53.8 Å². The second-order valence-corrected chi connectivity index (χ2v) is 5.51. The number of fused-ring (bicyclic) bond motifs is 1. The Balaban J connectivity index is 1.86. The molecule has 25 heavy (non-hydrogen) atoms. The number of para-hydroxylation sites is 1. The number of ether oxygens (including phenoxy) is 1. The molecule has 0 bridgehead atoms. The highest BCUT2D eigenvalue weighted by molar-refractivity contribution is 6.05. The van der Waals surface area contributed by atoms with Crippen molar-refractivity contribution in [2.45, 2.75) is 12.3 Å². The van der Waals surface area contributed by atoms with Crippen LogP contribution in [0.5, 0.6) is 5.75 Å². The highest BCUT2D eigenvalue weighted by Crippen LogP contribution is 2.34. The average molecular weight is 338 g/mol. The van der Waals surface area contributed by atoms with Crippen molar-refractivity contribution in [3.8, 4) is 18.1 Å². The average Bonchev–Trinajstić information content (AvgIpc) is 2.61. The molecule has 1 atom stereocenters. The van der Waals surface area contributed by atoms with E-state index in [0.29, 0.717) is 11.4 Å². The van der Waals surface area contributed by atoms with Gasteiger partial charge in [0.25, 0.3) is 0 Å². The van der Waals surface area contributed by atoms with E-state index < -0.39 is 11.7 Å². The van der Waals surface area contributed by atoms with Gasteiger partial charge in [0.05, 0.1) is 11.6 Å². The van der Waals surface area contributed by atoms with Crippen LogP contribution < -0.4 is 15.4 Å². The maximum atomic E-state index is 13.4. The fourth-order valence-electron chi connectivity index (χ4n) is 2.70. The lowest BCUT2D eigenvalue weighted by Gasteiger charge is -2.25. The molecule has 0 spiro atoms. The molecule has 0 aliphatic carbocycles. The quantitative estimate of drug-likeness (QED) is 0.843. The first-order valence-electron chi connectivity index (χ1n) is 7.64. The summed E-state index contributed by atoms with van der Waals surface area (Å²) in [5, 5.41) is 5.44. The fraction of sp³-hybridized carbons (Fsp3) is 0.158. The first kappa shape index (κ1) is 16.5. The Morgan fingerprint density at radius 2 is 2.16 bits per heavy atom. The molecule has 0 saturated carbocycles. The van der Waals surface area contributed by atoms with Gasteiger partial charge in [-0.15, -0.1) is 6.42 Å². The van der Waals surface area contributed by atoms with E-state index in [9.17, 15) is 14.0 Å². The zero-order valence-corrected chi connectivity index (χ0v) is 13.2. The smallest absolute Gasteiger partial charge is 0.232 e. The molecule has 1 unspecified atom stereocenters. The van der Waals surface area contributed by atoms with Crippen LogP contribution in [-0.2, 0) is 9.59 Å². The van der Waals surface area contributed by atoms with Crippen molar-refractivity contribution in [3.63, 3.8) is 0 Å². The number of terminal acetylenes is 1. The van der Waals surface area contributed by atoms with E-state index in [1.54, 1.807) is 24.3 Å². The van der Waals surface area contributed by atoms with Gasteiger partial charge < -0.3 is 15.4 Å². The first-order chi connectivity index (χ1) is 12.1. The van der Waals surface area contributed by atoms with E-state index in [2.05, 4.69) is 16.6 Å². The molecule has 126 valence electrons. The highest BCUT2D eigenvalue weighted by Gasteiger charge is 2.30. The predicted octanol–water partition coefficient (Wildman–Crippen LogP) is 2.90. The molecule has 2 aromatic rings. The van der Waals surface area contributed by atoms with Crippen LogP contribution in [0.25, 0.3) is 0 Å². The molecule has 2 N–H and O–H groups in total. The third kappa shape index (κ3) is 3.61. The largest absolute Gasteiger partial charge is 0.479 e. The molecule has 3 rings (SSSR count). The molecule has 0 aromatic heterocycles. The van der Waals surface area contributed by atoms with E-state index in [1.165, 1.54) is 12.1 Å². The van der Waals surface area contributed by atoms with Gasteiger partial charge in [0.15, 0.2) is 0 Å². The van der Waals surface area contributed by atoms with Crippen LogP contribution in [-0.4, -0.2) is 18.4 Å². The molecular formula is C19H15FN2O3. The summed E-state index contributed by atoms with van der Waals surface area (Å²) in [6.45, 7) is -0.0546. The first-order valence-corrected chi connectivity index (χ1v) is 7.64. The number of amides is 2. The van der Waals surface area contributed by atoms with Crippen molar-refractivity contribution in [1.82, 2.24) is 0 Å². The van der Waals surface area contributed by atoms with Gasteiger partial charge in [-0.2, -0.15) is 0 Å². The van der Waals surface area contributed by atoms with Crippen LogP contribution in [0.3, 0.4) is 0 Å². The molecule has 0 radical (unpaired) electrons. The van der Waals surface area contributed by atoms with Crippen molar-refractivity contribution >= 4 is 23.2 Å². The van der Waals surface area contributed by atoms with Gasteiger partial charge in [-0.1, -0.05) is 24.1 Å². The van der Waals surface area contributed by atoms with E-state index in [4.69, 9.17) is 11.2 Å². The Bertz CT molecular complexity index is 873. The Hall–Kier alpha value is -3.33. The maximum Gasteiger partial charge on any atom is 0.232 e.